The summed E-state index contributed by atoms with van der Waals surface area (Å²) in [5.41, 5.74) is 0. The fourth-order valence-electron chi connectivity index (χ4n) is 10.5. The van der Waals surface area contributed by atoms with Gasteiger partial charge in [-0.1, -0.05) is 312 Å². The molecule has 0 spiro atoms. The molecular weight excluding hydrogens is 959 g/mol. The van der Waals surface area contributed by atoms with Crippen LogP contribution in [0.5, 0.6) is 0 Å². The van der Waals surface area contributed by atoms with E-state index >= 15 is 0 Å². The standard InChI is InChI=1S/C72H133NO5/c1-3-5-7-9-11-13-15-17-19-21-22-23-27-30-33-36-40-44-48-52-56-60-64-70(75)69(68-74)73-71(76)65-61-57-53-49-45-41-37-34-31-28-25-24-26-29-32-35-39-43-47-51-55-59-63-67-78-72(77)66-62-58-54-50-46-42-38-20-18-16-14-12-10-8-6-4-2/h14,16,20,24,26,28,31,38,60,64,69-70,74-75H,3-13,15,17-19,21-23,25,27,29-30,32-37,39-59,61-63,65-68H2,1-2H3,(H,73,76)/b16-14-,26-24-,31-28-,38-20-,64-60+. The third-order valence-electron chi connectivity index (χ3n) is 15.8. The van der Waals surface area contributed by atoms with Crippen LogP contribution in [0.2, 0.25) is 0 Å². The van der Waals surface area contributed by atoms with Crippen LogP contribution in [0, 0.1) is 0 Å². The Morgan fingerprint density at radius 1 is 0.359 bits per heavy atom. The van der Waals surface area contributed by atoms with Gasteiger partial charge in [-0.2, -0.15) is 0 Å². The first-order valence-corrected chi connectivity index (χ1v) is 34.6. The summed E-state index contributed by atoms with van der Waals surface area (Å²) in [6.07, 6.45) is 88.5. The van der Waals surface area contributed by atoms with Gasteiger partial charge in [0.15, 0.2) is 0 Å². The summed E-state index contributed by atoms with van der Waals surface area (Å²) >= 11 is 0. The monoisotopic (exact) mass is 1090 g/mol. The second kappa shape index (κ2) is 67.1. The Morgan fingerprint density at radius 2 is 0.641 bits per heavy atom. The summed E-state index contributed by atoms with van der Waals surface area (Å²) in [4.78, 5) is 24.6. The largest absolute Gasteiger partial charge is 0.466 e. The maximum Gasteiger partial charge on any atom is 0.305 e. The van der Waals surface area contributed by atoms with Crippen LogP contribution in [0.3, 0.4) is 0 Å². The van der Waals surface area contributed by atoms with Crippen LogP contribution in [0.25, 0.3) is 0 Å². The number of amides is 1. The van der Waals surface area contributed by atoms with Crippen LogP contribution in [0.4, 0.5) is 0 Å². The predicted molar refractivity (Wildman–Crippen MR) is 342 cm³/mol. The molecule has 0 radical (unpaired) electrons. The average molecular weight is 1090 g/mol. The lowest BCUT2D eigenvalue weighted by Gasteiger charge is -2.20. The molecule has 0 aromatic rings. The number of rotatable bonds is 64. The van der Waals surface area contributed by atoms with Crippen molar-refractivity contribution in [2.45, 2.75) is 373 Å². The van der Waals surface area contributed by atoms with Gasteiger partial charge in [0.05, 0.1) is 25.4 Å². The molecule has 0 heterocycles. The van der Waals surface area contributed by atoms with Gasteiger partial charge < -0.3 is 20.3 Å². The van der Waals surface area contributed by atoms with Gasteiger partial charge in [0, 0.05) is 12.8 Å². The molecule has 0 aliphatic rings. The highest BCUT2D eigenvalue weighted by Crippen LogP contribution is 2.17. The lowest BCUT2D eigenvalue weighted by atomic mass is 10.0. The SMILES string of the molecule is CCCCCC/C=C\C/C=C\CCCCCCCC(=O)OCCCCCCCCCCC/C=C\C/C=C\CCCCCCCCCC(=O)NC(CO)C(O)/C=C/CCCCCCCCCCCCCCCCCCCCCC. The van der Waals surface area contributed by atoms with Crippen molar-refractivity contribution in [1.29, 1.82) is 0 Å². The average Bonchev–Trinajstić information content (AvgIpc) is 3.44. The molecule has 0 bridgehead atoms. The number of ether oxygens (including phenoxy) is 1. The van der Waals surface area contributed by atoms with Crippen LogP contribution in [0.1, 0.15) is 361 Å². The molecule has 78 heavy (non-hydrogen) atoms. The molecule has 0 fully saturated rings. The maximum absolute atomic E-state index is 12.5. The number of nitrogens with one attached hydrogen (secondary N) is 1. The van der Waals surface area contributed by atoms with Gasteiger partial charge in [0.1, 0.15) is 0 Å². The summed E-state index contributed by atoms with van der Waals surface area (Å²) in [7, 11) is 0. The van der Waals surface area contributed by atoms with E-state index in [0.29, 0.717) is 19.4 Å². The van der Waals surface area contributed by atoms with Gasteiger partial charge in [0.25, 0.3) is 0 Å². The Kier molecular flexibility index (Phi) is 65.0. The van der Waals surface area contributed by atoms with E-state index in [1.165, 1.54) is 263 Å². The Balaban J connectivity index is 3.49. The highest BCUT2D eigenvalue weighted by atomic mass is 16.5. The van der Waals surface area contributed by atoms with E-state index in [1.54, 1.807) is 6.08 Å². The first kappa shape index (κ1) is 75.6. The van der Waals surface area contributed by atoms with Crippen LogP contribution in [0.15, 0.2) is 60.8 Å². The van der Waals surface area contributed by atoms with Crippen molar-refractivity contribution in [3.63, 3.8) is 0 Å². The quantitative estimate of drug-likeness (QED) is 0.0320. The minimum Gasteiger partial charge on any atom is -0.466 e. The second-order valence-corrected chi connectivity index (χ2v) is 23.5. The third-order valence-corrected chi connectivity index (χ3v) is 15.8. The molecule has 3 N–H and O–H groups in total. The number of aliphatic hydroxyl groups is 2. The topological polar surface area (TPSA) is 95.9 Å². The van der Waals surface area contributed by atoms with Gasteiger partial charge in [0.2, 0.25) is 5.91 Å². The van der Waals surface area contributed by atoms with Crippen molar-refractivity contribution in [3.05, 3.63) is 60.8 Å². The Labute approximate surface area is 486 Å². The summed E-state index contributed by atoms with van der Waals surface area (Å²) in [6, 6.07) is -0.638. The number of aliphatic hydroxyl groups excluding tert-OH is 2. The highest BCUT2D eigenvalue weighted by Gasteiger charge is 2.18. The van der Waals surface area contributed by atoms with Crippen molar-refractivity contribution >= 4 is 11.9 Å². The predicted octanol–water partition coefficient (Wildman–Crippen LogP) is 22.3. The van der Waals surface area contributed by atoms with E-state index in [2.05, 4.69) is 67.8 Å². The molecule has 0 aromatic carbocycles. The summed E-state index contributed by atoms with van der Waals surface area (Å²) in [5, 5.41) is 23.2. The summed E-state index contributed by atoms with van der Waals surface area (Å²) < 4.78 is 5.48. The van der Waals surface area contributed by atoms with Crippen LogP contribution < -0.4 is 5.32 Å². The van der Waals surface area contributed by atoms with Gasteiger partial charge in [-0.3, -0.25) is 9.59 Å². The number of hydrogen-bond donors (Lipinski definition) is 3. The fourth-order valence-corrected chi connectivity index (χ4v) is 10.5. The zero-order valence-corrected chi connectivity index (χ0v) is 52.1. The maximum atomic E-state index is 12.5. The Bertz CT molecular complexity index is 1350. The smallest absolute Gasteiger partial charge is 0.305 e. The van der Waals surface area contributed by atoms with Gasteiger partial charge in [-0.15, -0.1) is 0 Å². The van der Waals surface area contributed by atoms with Crippen LogP contribution in [-0.2, 0) is 14.3 Å². The van der Waals surface area contributed by atoms with E-state index in [1.807, 2.05) is 6.08 Å². The lowest BCUT2D eigenvalue weighted by molar-refractivity contribution is -0.143. The third kappa shape index (κ3) is 62.8. The molecule has 0 aliphatic carbocycles. The number of carbonyl (C=O) groups excluding carboxylic acids is 2. The minimum absolute atomic E-state index is 0.00706. The molecule has 456 valence electrons. The number of allylic oxidation sites excluding steroid dienone is 9. The van der Waals surface area contributed by atoms with Gasteiger partial charge in [-0.05, 0) is 96.3 Å². The van der Waals surface area contributed by atoms with E-state index in [0.717, 1.165) is 70.6 Å². The minimum atomic E-state index is -0.854. The molecule has 0 aromatic heterocycles. The molecule has 2 unspecified atom stereocenters. The van der Waals surface area contributed by atoms with Gasteiger partial charge >= 0.3 is 5.97 Å². The Hall–Kier alpha value is -2.44. The molecule has 6 heteroatoms. The van der Waals surface area contributed by atoms with E-state index in [4.69, 9.17) is 4.74 Å². The summed E-state index contributed by atoms with van der Waals surface area (Å²) in [5.74, 6) is -0.0833. The van der Waals surface area contributed by atoms with Crippen molar-refractivity contribution < 1.29 is 24.5 Å². The fraction of sp³-hybridized carbons (Fsp3) is 0.833. The van der Waals surface area contributed by atoms with Crippen molar-refractivity contribution in [2.24, 2.45) is 0 Å². The molecule has 6 nitrogen and oxygen atoms in total. The molecule has 1 amide bonds. The molecular formula is C72H133NO5. The molecule has 0 saturated carbocycles. The van der Waals surface area contributed by atoms with Crippen LogP contribution in [-0.4, -0.2) is 47.4 Å². The number of hydrogen-bond acceptors (Lipinski definition) is 5. The van der Waals surface area contributed by atoms with Crippen molar-refractivity contribution in [2.75, 3.05) is 13.2 Å². The van der Waals surface area contributed by atoms with E-state index < -0.39 is 12.1 Å². The normalized spacial score (nSPS) is 12.9. The van der Waals surface area contributed by atoms with Gasteiger partial charge in [-0.25, -0.2) is 0 Å². The second-order valence-electron chi connectivity index (χ2n) is 23.5. The molecule has 0 saturated heterocycles. The number of unbranched alkanes of at least 4 members (excludes halogenated alkanes) is 45. The molecule has 0 aliphatic heterocycles. The lowest BCUT2D eigenvalue weighted by Crippen LogP contribution is -2.45. The zero-order chi connectivity index (χ0) is 56.4. The van der Waals surface area contributed by atoms with Crippen molar-refractivity contribution in [3.8, 4) is 0 Å². The van der Waals surface area contributed by atoms with E-state index in [-0.39, 0.29) is 18.5 Å². The Morgan fingerprint density at radius 3 is 0.987 bits per heavy atom. The first-order valence-electron chi connectivity index (χ1n) is 34.6. The van der Waals surface area contributed by atoms with Crippen molar-refractivity contribution in [1.82, 2.24) is 5.32 Å². The molecule has 2 atom stereocenters. The number of carbonyl (C=O) groups is 2. The first-order chi connectivity index (χ1) is 38.5. The zero-order valence-electron chi connectivity index (χ0n) is 52.1. The highest BCUT2D eigenvalue weighted by molar-refractivity contribution is 5.76. The summed E-state index contributed by atoms with van der Waals surface area (Å²) in [6.45, 7) is 4.89. The van der Waals surface area contributed by atoms with Crippen LogP contribution >= 0.6 is 0 Å². The number of esters is 1. The van der Waals surface area contributed by atoms with E-state index in [9.17, 15) is 19.8 Å². The molecule has 0 rings (SSSR count).